The van der Waals surface area contributed by atoms with Crippen molar-refractivity contribution < 1.29 is 10.2 Å². The molecule has 0 saturated heterocycles. The van der Waals surface area contributed by atoms with E-state index in [4.69, 9.17) is 0 Å². The fourth-order valence-electron chi connectivity index (χ4n) is 3.07. The molecule has 1 aromatic carbocycles. The van der Waals surface area contributed by atoms with E-state index in [1.54, 1.807) is 12.1 Å². The summed E-state index contributed by atoms with van der Waals surface area (Å²) in [6.45, 7) is 4.31. The summed E-state index contributed by atoms with van der Waals surface area (Å²) in [5.74, 6) is 1.35. The molecular weight excluding hydrogens is 238 g/mol. The van der Waals surface area contributed by atoms with Crippen molar-refractivity contribution in [2.24, 2.45) is 5.92 Å². The standard InChI is InChI=1S/C16H25NO2/c1-3-12-4-6-13(7-5-12)17-11(2)15-10-14(18)8-9-16(15)19/h8-13,17-19H,3-7H2,1-2H3. The van der Waals surface area contributed by atoms with Crippen LogP contribution in [0.3, 0.4) is 0 Å². The smallest absolute Gasteiger partial charge is 0.120 e. The van der Waals surface area contributed by atoms with Gasteiger partial charge in [-0.1, -0.05) is 13.3 Å². The van der Waals surface area contributed by atoms with Crippen molar-refractivity contribution >= 4 is 0 Å². The maximum atomic E-state index is 9.86. The predicted octanol–water partition coefficient (Wildman–Crippen LogP) is 3.72. The van der Waals surface area contributed by atoms with Crippen LogP contribution < -0.4 is 5.32 Å². The maximum Gasteiger partial charge on any atom is 0.120 e. The number of hydrogen-bond acceptors (Lipinski definition) is 3. The van der Waals surface area contributed by atoms with E-state index < -0.39 is 0 Å². The zero-order chi connectivity index (χ0) is 13.8. The molecule has 0 aliphatic heterocycles. The van der Waals surface area contributed by atoms with Crippen LogP contribution in [0.2, 0.25) is 0 Å². The quantitative estimate of drug-likeness (QED) is 0.726. The van der Waals surface area contributed by atoms with Crippen molar-refractivity contribution in [3.8, 4) is 11.5 Å². The molecule has 3 nitrogen and oxygen atoms in total. The highest BCUT2D eigenvalue weighted by Crippen LogP contribution is 2.31. The summed E-state index contributed by atoms with van der Waals surface area (Å²) >= 11 is 0. The topological polar surface area (TPSA) is 52.5 Å². The Morgan fingerprint density at radius 2 is 1.89 bits per heavy atom. The third kappa shape index (κ3) is 3.63. The van der Waals surface area contributed by atoms with E-state index >= 15 is 0 Å². The molecule has 1 fully saturated rings. The molecule has 3 N–H and O–H groups in total. The Balaban J connectivity index is 1.94. The molecule has 0 spiro atoms. The van der Waals surface area contributed by atoms with Crippen molar-refractivity contribution in [2.45, 2.75) is 58.0 Å². The summed E-state index contributed by atoms with van der Waals surface area (Å²) in [6.07, 6.45) is 6.31. The molecule has 0 bridgehead atoms. The number of phenols is 2. The van der Waals surface area contributed by atoms with E-state index in [1.807, 2.05) is 6.92 Å². The summed E-state index contributed by atoms with van der Waals surface area (Å²) in [7, 11) is 0. The van der Waals surface area contributed by atoms with Gasteiger partial charge in [0.2, 0.25) is 0 Å². The lowest BCUT2D eigenvalue weighted by Crippen LogP contribution is -2.34. The first-order valence-electron chi connectivity index (χ1n) is 7.38. The first kappa shape index (κ1) is 14.2. The van der Waals surface area contributed by atoms with Gasteiger partial charge in [-0.3, -0.25) is 0 Å². The molecule has 0 aromatic heterocycles. The van der Waals surface area contributed by atoms with E-state index in [0.29, 0.717) is 6.04 Å². The third-order valence-corrected chi connectivity index (χ3v) is 4.39. The van der Waals surface area contributed by atoms with Crippen molar-refractivity contribution in [3.63, 3.8) is 0 Å². The van der Waals surface area contributed by atoms with Crippen LogP contribution >= 0.6 is 0 Å². The van der Waals surface area contributed by atoms with Crippen molar-refractivity contribution in [3.05, 3.63) is 23.8 Å². The number of phenolic OH excluding ortho intramolecular Hbond substituents is 2. The molecule has 1 unspecified atom stereocenters. The SMILES string of the molecule is CCC1CCC(NC(C)c2cc(O)ccc2O)CC1. The lowest BCUT2D eigenvalue weighted by molar-refractivity contribution is 0.271. The highest BCUT2D eigenvalue weighted by atomic mass is 16.3. The van der Waals surface area contributed by atoms with Gasteiger partial charge in [0, 0.05) is 17.6 Å². The van der Waals surface area contributed by atoms with E-state index in [0.717, 1.165) is 11.5 Å². The van der Waals surface area contributed by atoms with Gasteiger partial charge >= 0.3 is 0 Å². The first-order valence-corrected chi connectivity index (χ1v) is 7.38. The minimum Gasteiger partial charge on any atom is -0.508 e. The normalized spacial score (nSPS) is 25.2. The Morgan fingerprint density at radius 3 is 2.53 bits per heavy atom. The van der Waals surface area contributed by atoms with Gasteiger partial charge in [0.25, 0.3) is 0 Å². The zero-order valence-electron chi connectivity index (χ0n) is 11.9. The second-order valence-electron chi connectivity index (χ2n) is 5.76. The van der Waals surface area contributed by atoms with Crippen LogP contribution in [-0.2, 0) is 0 Å². The summed E-state index contributed by atoms with van der Waals surface area (Å²) in [5.41, 5.74) is 0.776. The second kappa shape index (κ2) is 6.29. The fourth-order valence-corrected chi connectivity index (χ4v) is 3.07. The highest BCUT2D eigenvalue weighted by molar-refractivity contribution is 5.40. The monoisotopic (exact) mass is 263 g/mol. The summed E-state index contributed by atoms with van der Waals surface area (Å²) in [5, 5.41) is 23.0. The van der Waals surface area contributed by atoms with Crippen molar-refractivity contribution in [1.82, 2.24) is 5.32 Å². The minimum atomic E-state index is 0.0651. The largest absolute Gasteiger partial charge is 0.508 e. The average molecular weight is 263 g/mol. The van der Waals surface area contributed by atoms with Gasteiger partial charge < -0.3 is 15.5 Å². The Labute approximate surface area is 115 Å². The van der Waals surface area contributed by atoms with Crippen LogP contribution in [0.25, 0.3) is 0 Å². The molecule has 1 aliphatic rings. The number of nitrogens with one attached hydrogen (secondary N) is 1. The average Bonchev–Trinajstić information content (AvgIpc) is 2.42. The van der Waals surface area contributed by atoms with Crippen LogP contribution in [0.15, 0.2) is 18.2 Å². The molecular formula is C16H25NO2. The molecule has 0 amide bonds. The number of rotatable bonds is 4. The Hall–Kier alpha value is -1.22. The number of benzene rings is 1. The van der Waals surface area contributed by atoms with Crippen LogP contribution in [0.1, 0.15) is 57.6 Å². The fraction of sp³-hybridized carbons (Fsp3) is 0.625. The summed E-state index contributed by atoms with van der Waals surface area (Å²) in [4.78, 5) is 0. The van der Waals surface area contributed by atoms with E-state index in [2.05, 4.69) is 12.2 Å². The van der Waals surface area contributed by atoms with E-state index in [9.17, 15) is 10.2 Å². The Kier molecular flexibility index (Phi) is 4.70. The first-order chi connectivity index (χ1) is 9.10. The van der Waals surface area contributed by atoms with Gasteiger partial charge in [-0.05, 0) is 56.7 Å². The molecule has 3 heteroatoms. The van der Waals surface area contributed by atoms with Gasteiger partial charge in [-0.2, -0.15) is 0 Å². The number of aromatic hydroxyl groups is 2. The third-order valence-electron chi connectivity index (χ3n) is 4.39. The van der Waals surface area contributed by atoms with Gasteiger partial charge in [-0.25, -0.2) is 0 Å². The van der Waals surface area contributed by atoms with Crippen LogP contribution in [0.5, 0.6) is 11.5 Å². The second-order valence-corrected chi connectivity index (χ2v) is 5.76. The van der Waals surface area contributed by atoms with Gasteiger partial charge in [0.05, 0.1) is 0 Å². The van der Waals surface area contributed by atoms with Crippen LogP contribution in [-0.4, -0.2) is 16.3 Å². The maximum absolute atomic E-state index is 9.86. The van der Waals surface area contributed by atoms with Gasteiger partial charge in [0.1, 0.15) is 11.5 Å². The molecule has 0 heterocycles. The van der Waals surface area contributed by atoms with Gasteiger partial charge in [0.15, 0.2) is 0 Å². The van der Waals surface area contributed by atoms with Crippen molar-refractivity contribution in [2.75, 3.05) is 0 Å². The van der Waals surface area contributed by atoms with E-state index in [1.165, 1.54) is 38.2 Å². The molecule has 1 saturated carbocycles. The highest BCUT2D eigenvalue weighted by Gasteiger charge is 2.22. The summed E-state index contributed by atoms with van der Waals surface area (Å²) < 4.78 is 0. The predicted molar refractivity (Wildman–Crippen MR) is 77.4 cm³/mol. The van der Waals surface area contributed by atoms with Crippen LogP contribution in [0, 0.1) is 5.92 Å². The Bertz CT molecular complexity index is 411. The molecule has 1 atom stereocenters. The number of hydrogen-bond donors (Lipinski definition) is 3. The molecule has 2 rings (SSSR count). The van der Waals surface area contributed by atoms with Gasteiger partial charge in [-0.15, -0.1) is 0 Å². The lowest BCUT2D eigenvalue weighted by atomic mass is 9.84. The zero-order valence-corrected chi connectivity index (χ0v) is 11.9. The Morgan fingerprint density at radius 1 is 1.21 bits per heavy atom. The molecule has 19 heavy (non-hydrogen) atoms. The van der Waals surface area contributed by atoms with Crippen molar-refractivity contribution in [1.29, 1.82) is 0 Å². The van der Waals surface area contributed by atoms with E-state index in [-0.39, 0.29) is 17.5 Å². The molecule has 0 radical (unpaired) electrons. The molecule has 1 aromatic rings. The molecule has 1 aliphatic carbocycles. The molecule has 106 valence electrons. The summed E-state index contributed by atoms with van der Waals surface area (Å²) in [6, 6.07) is 5.30. The van der Waals surface area contributed by atoms with Crippen LogP contribution in [0.4, 0.5) is 0 Å². The lowest BCUT2D eigenvalue weighted by Gasteiger charge is -2.31. The minimum absolute atomic E-state index is 0.0651.